The van der Waals surface area contributed by atoms with Crippen molar-refractivity contribution >= 4 is 5.84 Å². The molecule has 0 unspecified atom stereocenters. The van der Waals surface area contributed by atoms with Crippen LogP contribution in [0.15, 0.2) is 4.99 Å². The summed E-state index contributed by atoms with van der Waals surface area (Å²) in [5.74, 6) is 0.814. The third-order valence-corrected chi connectivity index (χ3v) is 1.86. The number of hydrogen-bond donors (Lipinski definition) is 1. The second kappa shape index (κ2) is 4.28. The van der Waals surface area contributed by atoms with Crippen molar-refractivity contribution in [1.29, 1.82) is 0 Å². The second-order valence-corrected chi connectivity index (χ2v) is 2.56. The lowest BCUT2D eigenvalue weighted by molar-refractivity contribution is 0.352. The van der Waals surface area contributed by atoms with Crippen LogP contribution in [-0.4, -0.2) is 43.7 Å². The van der Waals surface area contributed by atoms with E-state index >= 15 is 0 Å². The molecule has 1 aliphatic rings. The average Bonchev–Trinajstić information content (AvgIpc) is 2.07. The Morgan fingerprint density at radius 3 is 2.73 bits per heavy atom. The van der Waals surface area contributed by atoms with Crippen LogP contribution in [0.3, 0.4) is 0 Å². The van der Waals surface area contributed by atoms with Crippen LogP contribution in [0.2, 0.25) is 0 Å². The van der Waals surface area contributed by atoms with Crippen molar-refractivity contribution in [2.24, 2.45) is 4.99 Å². The number of rotatable bonds is 1. The van der Waals surface area contributed by atoms with Crippen LogP contribution in [0.25, 0.3) is 0 Å². The van der Waals surface area contributed by atoms with Crippen LogP contribution < -0.4 is 5.32 Å². The predicted octanol–water partition coefficient (Wildman–Crippen LogP) is 0.237. The molecule has 0 aromatic carbocycles. The molecule has 1 rings (SSSR count). The van der Waals surface area contributed by atoms with Gasteiger partial charge in [-0.15, -0.1) is 0 Å². The quantitative estimate of drug-likeness (QED) is 0.337. The summed E-state index contributed by atoms with van der Waals surface area (Å²) in [7, 11) is 0. The van der Waals surface area contributed by atoms with Gasteiger partial charge in [-0.3, -0.25) is 0 Å². The van der Waals surface area contributed by atoms with E-state index in [2.05, 4.69) is 15.2 Å². The third kappa shape index (κ3) is 2.46. The topological polar surface area (TPSA) is 27.6 Å². The number of amidine groups is 1. The van der Waals surface area contributed by atoms with Crippen LogP contribution in [0, 0.1) is 0 Å². The minimum atomic E-state index is -0.601. The van der Waals surface area contributed by atoms with Crippen LogP contribution in [0.5, 0.6) is 0 Å². The first kappa shape index (κ1) is 8.46. The summed E-state index contributed by atoms with van der Waals surface area (Å²) in [6, 6.07) is 0. The number of nitrogens with one attached hydrogen (secondary N) is 1. The lowest BCUT2D eigenvalue weighted by Gasteiger charge is -2.28. The standard InChI is InChI=1S/C7H14FN3/c1-7(10-6-8)11-4-2-9-3-5-11/h9H,2-6H2,1H3. The maximum absolute atomic E-state index is 11.8. The Kier molecular flexibility index (Phi) is 3.29. The molecular weight excluding hydrogens is 145 g/mol. The molecule has 1 heterocycles. The third-order valence-electron chi connectivity index (χ3n) is 1.86. The molecule has 0 aromatic rings. The highest BCUT2D eigenvalue weighted by molar-refractivity contribution is 5.79. The van der Waals surface area contributed by atoms with E-state index in [1.165, 1.54) is 0 Å². The van der Waals surface area contributed by atoms with Gasteiger partial charge in [-0.2, -0.15) is 0 Å². The van der Waals surface area contributed by atoms with Gasteiger partial charge in [-0.25, -0.2) is 9.38 Å². The summed E-state index contributed by atoms with van der Waals surface area (Å²) >= 11 is 0. The van der Waals surface area contributed by atoms with Gasteiger partial charge in [0.2, 0.25) is 0 Å². The fourth-order valence-electron chi connectivity index (χ4n) is 1.17. The summed E-state index contributed by atoms with van der Waals surface area (Å²) < 4.78 is 11.8. The molecule has 64 valence electrons. The Morgan fingerprint density at radius 2 is 2.18 bits per heavy atom. The van der Waals surface area contributed by atoms with Crippen molar-refractivity contribution in [3.8, 4) is 0 Å². The van der Waals surface area contributed by atoms with Gasteiger partial charge in [0.1, 0.15) is 0 Å². The van der Waals surface area contributed by atoms with Gasteiger partial charge < -0.3 is 10.2 Å². The molecule has 11 heavy (non-hydrogen) atoms. The fraction of sp³-hybridized carbons (Fsp3) is 0.857. The highest BCUT2D eigenvalue weighted by atomic mass is 19.1. The summed E-state index contributed by atoms with van der Waals surface area (Å²) in [4.78, 5) is 5.79. The van der Waals surface area contributed by atoms with E-state index in [0.29, 0.717) is 0 Å². The van der Waals surface area contributed by atoms with Crippen molar-refractivity contribution in [3.63, 3.8) is 0 Å². The highest BCUT2D eigenvalue weighted by Crippen LogP contribution is 1.94. The van der Waals surface area contributed by atoms with Gasteiger partial charge in [0.25, 0.3) is 0 Å². The zero-order chi connectivity index (χ0) is 8.10. The number of alkyl halides is 1. The zero-order valence-corrected chi connectivity index (χ0v) is 6.81. The van der Waals surface area contributed by atoms with Crippen molar-refractivity contribution in [3.05, 3.63) is 0 Å². The molecule has 0 saturated carbocycles. The Hall–Kier alpha value is -0.640. The monoisotopic (exact) mass is 159 g/mol. The molecule has 0 aromatic heterocycles. The second-order valence-electron chi connectivity index (χ2n) is 2.56. The fourth-order valence-corrected chi connectivity index (χ4v) is 1.17. The molecule has 1 saturated heterocycles. The summed E-state index contributed by atoms with van der Waals surface area (Å²) in [6.07, 6.45) is 0. The molecule has 1 aliphatic heterocycles. The first-order chi connectivity index (χ1) is 5.34. The summed E-state index contributed by atoms with van der Waals surface area (Å²) in [5.41, 5.74) is 0. The van der Waals surface area contributed by atoms with Gasteiger partial charge >= 0.3 is 0 Å². The molecule has 1 fully saturated rings. The van der Waals surface area contributed by atoms with Crippen LogP contribution in [-0.2, 0) is 0 Å². The molecule has 0 bridgehead atoms. The number of aliphatic imine (C=N–C) groups is 1. The molecule has 1 N–H and O–H groups in total. The van der Waals surface area contributed by atoms with Crippen molar-refractivity contribution in [1.82, 2.24) is 10.2 Å². The molecule has 3 nitrogen and oxygen atoms in total. The SMILES string of the molecule is CC(=NCF)N1CCNCC1. The van der Waals surface area contributed by atoms with Crippen molar-refractivity contribution < 1.29 is 4.39 Å². The summed E-state index contributed by atoms with van der Waals surface area (Å²) in [5, 5.41) is 3.22. The van der Waals surface area contributed by atoms with Crippen LogP contribution in [0.1, 0.15) is 6.92 Å². The highest BCUT2D eigenvalue weighted by Gasteiger charge is 2.09. The van der Waals surface area contributed by atoms with E-state index in [9.17, 15) is 4.39 Å². The smallest absolute Gasteiger partial charge is 0.181 e. The van der Waals surface area contributed by atoms with E-state index < -0.39 is 6.80 Å². The van der Waals surface area contributed by atoms with Gasteiger partial charge in [-0.05, 0) is 6.92 Å². The minimum absolute atomic E-state index is 0.601. The molecule has 0 spiro atoms. The van der Waals surface area contributed by atoms with E-state index in [1.54, 1.807) is 0 Å². The van der Waals surface area contributed by atoms with E-state index in [-0.39, 0.29) is 0 Å². The first-order valence-corrected chi connectivity index (χ1v) is 3.87. The van der Waals surface area contributed by atoms with Gasteiger partial charge in [0.15, 0.2) is 6.80 Å². The van der Waals surface area contributed by atoms with Gasteiger partial charge in [0, 0.05) is 26.2 Å². The molecule has 0 radical (unpaired) electrons. The van der Waals surface area contributed by atoms with Crippen molar-refractivity contribution in [2.45, 2.75) is 6.92 Å². The van der Waals surface area contributed by atoms with Gasteiger partial charge in [0.05, 0.1) is 5.84 Å². The molecule has 4 heteroatoms. The Balaban J connectivity index is 2.38. The Labute approximate surface area is 66.3 Å². The van der Waals surface area contributed by atoms with Gasteiger partial charge in [-0.1, -0.05) is 0 Å². The predicted molar refractivity (Wildman–Crippen MR) is 43.5 cm³/mol. The Bertz CT molecular complexity index is 141. The number of nitrogens with zero attached hydrogens (tertiary/aromatic N) is 2. The van der Waals surface area contributed by atoms with Crippen LogP contribution >= 0.6 is 0 Å². The maximum atomic E-state index is 11.8. The van der Waals surface area contributed by atoms with E-state index in [1.807, 2.05) is 6.92 Å². The molecule has 0 amide bonds. The normalized spacial score (nSPS) is 20.5. The van der Waals surface area contributed by atoms with E-state index in [0.717, 1.165) is 32.0 Å². The minimum Gasteiger partial charge on any atom is -0.358 e. The zero-order valence-electron chi connectivity index (χ0n) is 6.81. The maximum Gasteiger partial charge on any atom is 0.181 e. The van der Waals surface area contributed by atoms with Crippen LogP contribution in [0.4, 0.5) is 4.39 Å². The first-order valence-electron chi connectivity index (χ1n) is 3.87. The molecule has 0 aliphatic carbocycles. The Morgan fingerprint density at radius 1 is 1.55 bits per heavy atom. The molecular formula is C7H14FN3. The van der Waals surface area contributed by atoms with Crippen molar-refractivity contribution in [2.75, 3.05) is 33.0 Å². The number of hydrogen-bond acceptors (Lipinski definition) is 2. The average molecular weight is 159 g/mol. The number of piperazine rings is 1. The van der Waals surface area contributed by atoms with E-state index in [4.69, 9.17) is 0 Å². The molecule has 0 atom stereocenters. The number of halogens is 1. The largest absolute Gasteiger partial charge is 0.358 e. The lowest BCUT2D eigenvalue weighted by atomic mass is 10.3. The summed E-state index contributed by atoms with van der Waals surface area (Å²) in [6.45, 7) is 5.07. The lowest BCUT2D eigenvalue weighted by Crippen LogP contribution is -2.45.